The molecule has 1 amide bonds. The molecule has 0 aliphatic carbocycles. The smallest absolute Gasteiger partial charge is 0.244 e. The summed E-state index contributed by atoms with van der Waals surface area (Å²) in [7, 11) is 0. The zero-order valence-corrected chi connectivity index (χ0v) is 9.41. The van der Waals surface area contributed by atoms with Crippen LogP contribution in [0.1, 0.15) is 19.4 Å². The first-order valence-corrected chi connectivity index (χ1v) is 4.83. The lowest BCUT2D eigenvalue weighted by molar-refractivity contribution is -0.121. The lowest BCUT2D eigenvalue weighted by Crippen LogP contribution is -2.29. The summed E-state index contributed by atoms with van der Waals surface area (Å²) < 4.78 is 13.4. The summed E-state index contributed by atoms with van der Waals surface area (Å²) in [6.45, 7) is 2.87. The van der Waals surface area contributed by atoms with Crippen molar-refractivity contribution < 1.29 is 9.18 Å². The average Bonchev–Trinajstić information content (AvgIpc) is 2.31. The third-order valence-electron chi connectivity index (χ3n) is 2.19. The van der Waals surface area contributed by atoms with Gasteiger partial charge in [0.1, 0.15) is 11.2 Å². The number of hydrogen-bond donors (Lipinski definition) is 1. The number of nitriles is 2. The molecule has 0 aliphatic rings. The van der Waals surface area contributed by atoms with Crippen molar-refractivity contribution >= 4 is 11.6 Å². The van der Waals surface area contributed by atoms with Gasteiger partial charge in [-0.25, -0.2) is 4.39 Å². The van der Waals surface area contributed by atoms with Crippen molar-refractivity contribution in [3.63, 3.8) is 0 Å². The van der Waals surface area contributed by atoms with Crippen LogP contribution < -0.4 is 5.32 Å². The third-order valence-corrected chi connectivity index (χ3v) is 2.19. The van der Waals surface area contributed by atoms with E-state index in [-0.39, 0.29) is 11.3 Å². The van der Waals surface area contributed by atoms with E-state index in [1.54, 1.807) is 6.07 Å². The van der Waals surface area contributed by atoms with Crippen LogP contribution in [0.15, 0.2) is 18.2 Å². The van der Waals surface area contributed by atoms with Crippen molar-refractivity contribution in [2.45, 2.75) is 13.8 Å². The molecule has 0 bridgehead atoms. The Morgan fingerprint density at radius 3 is 2.53 bits per heavy atom. The molecule has 0 fully saturated rings. The van der Waals surface area contributed by atoms with Gasteiger partial charge in [-0.3, -0.25) is 4.79 Å². The molecule has 0 unspecified atom stereocenters. The number of hydrogen-bond acceptors (Lipinski definition) is 3. The molecule has 1 rings (SSSR count). The predicted octanol–water partition coefficient (Wildman–Crippen LogP) is 2.19. The number of amides is 1. The fraction of sp³-hybridized carbons (Fsp3) is 0.250. The van der Waals surface area contributed by atoms with Gasteiger partial charge in [-0.05, 0) is 32.0 Å². The second kappa shape index (κ2) is 4.63. The van der Waals surface area contributed by atoms with Crippen molar-refractivity contribution in [3.8, 4) is 12.1 Å². The van der Waals surface area contributed by atoms with Crippen LogP contribution in [-0.2, 0) is 4.79 Å². The largest absolute Gasteiger partial charge is 0.322 e. The van der Waals surface area contributed by atoms with Gasteiger partial charge in [0.05, 0.1) is 23.4 Å². The molecule has 0 spiro atoms. The molecule has 1 N–H and O–H groups in total. The average molecular weight is 231 g/mol. The second-order valence-corrected chi connectivity index (χ2v) is 4.00. The Hall–Kier alpha value is -2.40. The molecule has 0 aromatic heterocycles. The maximum absolute atomic E-state index is 13.4. The van der Waals surface area contributed by atoms with Gasteiger partial charge in [0.15, 0.2) is 0 Å². The topological polar surface area (TPSA) is 76.7 Å². The van der Waals surface area contributed by atoms with Gasteiger partial charge in [0.2, 0.25) is 5.91 Å². The van der Waals surface area contributed by atoms with Crippen molar-refractivity contribution in [2.75, 3.05) is 5.32 Å². The van der Waals surface area contributed by atoms with Crippen LogP contribution in [0.25, 0.3) is 0 Å². The number of carbonyl (C=O) groups excluding carboxylic acids is 1. The predicted molar refractivity (Wildman–Crippen MR) is 59.1 cm³/mol. The van der Waals surface area contributed by atoms with E-state index < -0.39 is 17.1 Å². The number of anilines is 1. The molecule has 0 saturated heterocycles. The highest BCUT2D eigenvalue weighted by Gasteiger charge is 2.27. The monoisotopic (exact) mass is 231 g/mol. The van der Waals surface area contributed by atoms with Crippen molar-refractivity contribution in [3.05, 3.63) is 29.6 Å². The highest BCUT2D eigenvalue weighted by molar-refractivity contribution is 5.96. The Morgan fingerprint density at radius 2 is 2.06 bits per heavy atom. The molecule has 1 aromatic carbocycles. The van der Waals surface area contributed by atoms with Crippen LogP contribution in [0.2, 0.25) is 0 Å². The van der Waals surface area contributed by atoms with Crippen molar-refractivity contribution in [1.82, 2.24) is 0 Å². The summed E-state index contributed by atoms with van der Waals surface area (Å²) in [6.07, 6.45) is 0. The third kappa shape index (κ3) is 2.79. The van der Waals surface area contributed by atoms with E-state index in [0.29, 0.717) is 0 Å². The normalized spacial score (nSPS) is 10.2. The lowest BCUT2D eigenvalue weighted by atomic mass is 9.94. The Balaban J connectivity index is 2.96. The van der Waals surface area contributed by atoms with Crippen molar-refractivity contribution in [1.29, 1.82) is 10.5 Å². The highest BCUT2D eigenvalue weighted by atomic mass is 19.1. The number of nitrogens with one attached hydrogen (secondary N) is 1. The SMILES string of the molecule is CC(C)(C#N)C(=O)Nc1ccc(C#N)cc1F. The number of rotatable bonds is 2. The number of carbonyl (C=O) groups is 1. The van der Waals surface area contributed by atoms with E-state index in [1.165, 1.54) is 26.0 Å². The van der Waals surface area contributed by atoms with Gasteiger partial charge in [0, 0.05) is 0 Å². The summed E-state index contributed by atoms with van der Waals surface area (Å²) in [5.41, 5.74) is -1.11. The molecule has 1 aromatic rings. The highest BCUT2D eigenvalue weighted by Crippen LogP contribution is 2.20. The first-order valence-electron chi connectivity index (χ1n) is 4.83. The molecule has 4 nitrogen and oxygen atoms in total. The van der Waals surface area contributed by atoms with Crippen LogP contribution in [0.3, 0.4) is 0 Å². The Labute approximate surface area is 98.3 Å². The first kappa shape index (κ1) is 12.7. The van der Waals surface area contributed by atoms with E-state index in [1.807, 2.05) is 6.07 Å². The number of halogens is 1. The maximum Gasteiger partial charge on any atom is 0.244 e. The fourth-order valence-electron chi connectivity index (χ4n) is 1.02. The molecule has 0 aliphatic heterocycles. The second-order valence-electron chi connectivity index (χ2n) is 4.00. The van der Waals surface area contributed by atoms with Gasteiger partial charge in [-0.15, -0.1) is 0 Å². The molecular formula is C12H10FN3O. The van der Waals surface area contributed by atoms with Gasteiger partial charge in [-0.2, -0.15) is 10.5 Å². The number of nitrogens with zero attached hydrogens (tertiary/aromatic N) is 2. The van der Waals surface area contributed by atoms with E-state index in [9.17, 15) is 9.18 Å². The van der Waals surface area contributed by atoms with E-state index >= 15 is 0 Å². The first-order chi connectivity index (χ1) is 7.90. The zero-order valence-electron chi connectivity index (χ0n) is 9.41. The van der Waals surface area contributed by atoms with Gasteiger partial charge in [0.25, 0.3) is 0 Å². The van der Waals surface area contributed by atoms with Crippen molar-refractivity contribution in [2.24, 2.45) is 5.41 Å². The standard InChI is InChI=1S/C12H10FN3O/c1-12(2,7-15)11(17)16-10-4-3-8(6-14)5-9(10)13/h3-5H,1-2H3,(H,16,17). The molecule has 17 heavy (non-hydrogen) atoms. The molecule has 86 valence electrons. The molecular weight excluding hydrogens is 221 g/mol. The lowest BCUT2D eigenvalue weighted by Gasteiger charge is -2.15. The summed E-state index contributed by atoms with van der Waals surface area (Å²) in [4.78, 5) is 11.6. The molecule has 0 heterocycles. The minimum Gasteiger partial charge on any atom is -0.322 e. The van der Waals surface area contributed by atoms with Gasteiger partial charge in [-0.1, -0.05) is 0 Å². The number of benzene rings is 1. The van der Waals surface area contributed by atoms with Crippen LogP contribution >= 0.6 is 0 Å². The summed E-state index contributed by atoms with van der Waals surface area (Å²) in [5, 5.41) is 19.6. The quantitative estimate of drug-likeness (QED) is 0.847. The van der Waals surface area contributed by atoms with Crippen LogP contribution in [-0.4, -0.2) is 5.91 Å². The van der Waals surface area contributed by atoms with Crippen LogP contribution in [0.4, 0.5) is 10.1 Å². The maximum atomic E-state index is 13.4. The molecule has 0 atom stereocenters. The van der Waals surface area contributed by atoms with Gasteiger partial charge >= 0.3 is 0 Å². The van der Waals surface area contributed by atoms with Gasteiger partial charge < -0.3 is 5.32 Å². The summed E-state index contributed by atoms with van der Waals surface area (Å²) in [6, 6.07) is 7.30. The minimum atomic E-state index is -1.24. The zero-order chi connectivity index (χ0) is 13.1. The Kier molecular flexibility index (Phi) is 3.45. The molecule has 0 radical (unpaired) electrons. The van der Waals surface area contributed by atoms with E-state index in [2.05, 4.69) is 5.32 Å². The Morgan fingerprint density at radius 1 is 1.41 bits per heavy atom. The van der Waals surface area contributed by atoms with E-state index in [0.717, 1.165) is 6.07 Å². The van der Waals surface area contributed by atoms with Crippen LogP contribution in [0.5, 0.6) is 0 Å². The molecule has 5 heteroatoms. The molecule has 0 saturated carbocycles. The Bertz CT molecular complexity index is 538. The summed E-state index contributed by atoms with van der Waals surface area (Å²) in [5.74, 6) is -1.30. The fourth-order valence-corrected chi connectivity index (χ4v) is 1.02. The van der Waals surface area contributed by atoms with Crippen LogP contribution in [0, 0.1) is 33.9 Å². The van der Waals surface area contributed by atoms with E-state index in [4.69, 9.17) is 10.5 Å². The minimum absolute atomic E-state index is 0.0441. The summed E-state index contributed by atoms with van der Waals surface area (Å²) >= 11 is 0.